The first-order chi connectivity index (χ1) is 6.52. The number of carbonyl (C=O) groups excluding carboxylic acids is 2. The molecule has 0 unspecified atom stereocenters. The minimum Gasteiger partial charge on any atom is -0.357 e. The van der Waals surface area contributed by atoms with Crippen LogP contribution in [0.3, 0.4) is 0 Å². The van der Waals surface area contributed by atoms with Crippen molar-refractivity contribution in [3.05, 3.63) is 0 Å². The Balaban J connectivity index is 3.98. The van der Waals surface area contributed by atoms with Gasteiger partial charge in [-0.25, -0.2) is 0 Å². The van der Waals surface area contributed by atoms with Gasteiger partial charge in [0.15, 0.2) is 0 Å². The molecule has 5 heteroatoms. The van der Waals surface area contributed by atoms with Crippen LogP contribution in [0.4, 0.5) is 0 Å². The Kier molecular flexibility index (Phi) is 5.87. The van der Waals surface area contributed by atoms with E-state index in [1.165, 1.54) is 0 Å². The molecular weight excluding hydrogens is 182 g/mol. The molecule has 0 saturated heterocycles. The average Bonchev–Trinajstić information content (AvgIpc) is 2.16. The molecule has 0 aliphatic heterocycles. The van der Waals surface area contributed by atoms with Crippen molar-refractivity contribution >= 4 is 11.8 Å². The quantitative estimate of drug-likeness (QED) is 0.547. The maximum Gasteiger partial charge on any atom is 0.242 e. The van der Waals surface area contributed by atoms with Gasteiger partial charge in [-0.1, -0.05) is 6.92 Å². The van der Waals surface area contributed by atoms with E-state index in [4.69, 9.17) is 0 Å². The van der Waals surface area contributed by atoms with Crippen LogP contribution < -0.4 is 16.0 Å². The summed E-state index contributed by atoms with van der Waals surface area (Å²) in [5, 5.41) is 8.03. The van der Waals surface area contributed by atoms with Crippen LogP contribution in [0.2, 0.25) is 0 Å². The van der Waals surface area contributed by atoms with Gasteiger partial charge >= 0.3 is 0 Å². The van der Waals surface area contributed by atoms with Crippen molar-refractivity contribution in [1.82, 2.24) is 16.0 Å². The molecule has 2 amide bonds. The summed E-state index contributed by atoms with van der Waals surface area (Å²) < 4.78 is 0. The van der Waals surface area contributed by atoms with Gasteiger partial charge in [-0.15, -0.1) is 0 Å². The lowest BCUT2D eigenvalue weighted by atomic mass is 10.2. The Morgan fingerprint density at radius 1 is 1.14 bits per heavy atom. The molecule has 0 rings (SSSR count). The number of hydrogen-bond acceptors (Lipinski definition) is 3. The minimum absolute atomic E-state index is 0.164. The van der Waals surface area contributed by atoms with Crippen molar-refractivity contribution in [1.29, 1.82) is 0 Å². The summed E-state index contributed by atoms with van der Waals surface area (Å²) >= 11 is 0. The Hall–Kier alpha value is -1.10. The first-order valence-electron chi connectivity index (χ1n) is 4.78. The summed E-state index contributed by atoms with van der Waals surface area (Å²) in [5.74, 6) is -0.356. The molecule has 0 fully saturated rings. The number of amides is 2. The zero-order valence-electron chi connectivity index (χ0n) is 9.18. The van der Waals surface area contributed by atoms with Crippen LogP contribution in [0.5, 0.6) is 0 Å². The molecule has 82 valence electrons. The molecule has 0 aliphatic carbocycles. The molecular formula is C9H19N3O2. The highest BCUT2D eigenvalue weighted by Crippen LogP contribution is 1.86. The SMILES string of the molecule is CCN[C@H](C)C(=O)N[C@@H](C)C(=O)NC. The Morgan fingerprint density at radius 2 is 1.71 bits per heavy atom. The molecule has 0 heterocycles. The summed E-state index contributed by atoms with van der Waals surface area (Å²) in [4.78, 5) is 22.5. The smallest absolute Gasteiger partial charge is 0.242 e. The van der Waals surface area contributed by atoms with E-state index in [-0.39, 0.29) is 17.9 Å². The molecule has 0 saturated carbocycles. The molecule has 0 aromatic rings. The van der Waals surface area contributed by atoms with Gasteiger partial charge in [-0.2, -0.15) is 0 Å². The van der Waals surface area contributed by atoms with Gasteiger partial charge in [0.05, 0.1) is 6.04 Å². The van der Waals surface area contributed by atoms with E-state index in [1.54, 1.807) is 20.9 Å². The molecule has 0 aromatic heterocycles. The topological polar surface area (TPSA) is 70.2 Å². The zero-order chi connectivity index (χ0) is 11.1. The predicted octanol–water partition coefficient (Wildman–Crippen LogP) is -0.765. The fourth-order valence-corrected chi connectivity index (χ4v) is 1.02. The van der Waals surface area contributed by atoms with Crippen molar-refractivity contribution in [3.8, 4) is 0 Å². The maximum absolute atomic E-state index is 11.4. The van der Waals surface area contributed by atoms with E-state index in [0.29, 0.717) is 0 Å². The van der Waals surface area contributed by atoms with Crippen LogP contribution >= 0.6 is 0 Å². The third-order valence-electron chi connectivity index (χ3n) is 1.90. The summed E-state index contributed by atoms with van der Waals surface area (Å²) in [5.41, 5.74) is 0. The molecule has 0 aliphatic rings. The van der Waals surface area contributed by atoms with Crippen LogP contribution in [0, 0.1) is 0 Å². The van der Waals surface area contributed by atoms with Crippen LogP contribution in [0.1, 0.15) is 20.8 Å². The van der Waals surface area contributed by atoms with Crippen LogP contribution in [0.15, 0.2) is 0 Å². The fourth-order valence-electron chi connectivity index (χ4n) is 1.02. The van der Waals surface area contributed by atoms with E-state index in [9.17, 15) is 9.59 Å². The Labute approximate surface area is 84.6 Å². The minimum atomic E-state index is -0.492. The fraction of sp³-hybridized carbons (Fsp3) is 0.778. The Morgan fingerprint density at radius 3 is 2.14 bits per heavy atom. The lowest BCUT2D eigenvalue weighted by molar-refractivity contribution is -0.129. The lowest BCUT2D eigenvalue weighted by Crippen LogP contribution is -2.50. The van der Waals surface area contributed by atoms with Gasteiger partial charge < -0.3 is 16.0 Å². The molecule has 2 atom stereocenters. The van der Waals surface area contributed by atoms with Gasteiger partial charge in [0.2, 0.25) is 11.8 Å². The second-order valence-corrected chi connectivity index (χ2v) is 3.12. The van der Waals surface area contributed by atoms with Gasteiger partial charge in [0, 0.05) is 7.05 Å². The van der Waals surface area contributed by atoms with Gasteiger partial charge in [0.25, 0.3) is 0 Å². The molecule has 14 heavy (non-hydrogen) atoms. The van der Waals surface area contributed by atoms with E-state index in [2.05, 4.69) is 16.0 Å². The molecule has 0 aromatic carbocycles. The van der Waals surface area contributed by atoms with Crippen molar-refractivity contribution < 1.29 is 9.59 Å². The second-order valence-electron chi connectivity index (χ2n) is 3.12. The number of likely N-dealkylation sites (N-methyl/N-ethyl adjacent to an activating group) is 2. The molecule has 0 radical (unpaired) electrons. The van der Waals surface area contributed by atoms with Crippen molar-refractivity contribution in [3.63, 3.8) is 0 Å². The highest BCUT2D eigenvalue weighted by Gasteiger charge is 2.17. The van der Waals surface area contributed by atoms with Crippen molar-refractivity contribution in [2.45, 2.75) is 32.9 Å². The maximum atomic E-state index is 11.4. The number of carbonyl (C=O) groups is 2. The highest BCUT2D eigenvalue weighted by atomic mass is 16.2. The predicted molar refractivity (Wildman–Crippen MR) is 54.8 cm³/mol. The van der Waals surface area contributed by atoms with Crippen molar-refractivity contribution in [2.24, 2.45) is 0 Å². The largest absolute Gasteiger partial charge is 0.357 e. The molecule has 0 spiro atoms. The highest BCUT2D eigenvalue weighted by molar-refractivity contribution is 5.89. The standard InChI is InChI=1S/C9H19N3O2/c1-5-11-6(2)9(14)12-7(3)8(13)10-4/h6-7,11H,5H2,1-4H3,(H,10,13)(H,12,14)/t6-,7+/m1/s1. The monoisotopic (exact) mass is 201 g/mol. The number of rotatable bonds is 5. The summed E-state index contributed by atoms with van der Waals surface area (Å²) in [6.07, 6.45) is 0. The van der Waals surface area contributed by atoms with Crippen molar-refractivity contribution in [2.75, 3.05) is 13.6 Å². The van der Waals surface area contributed by atoms with E-state index >= 15 is 0 Å². The second kappa shape index (κ2) is 6.37. The normalized spacial score (nSPS) is 14.3. The molecule has 0 bridgehead atoms. The summed E-state index contributed by atoms with van der Waals surface area (Å²) in [7, 11) is 1.54. The lowest BCUT2D eigenvalue weighted by Gasteiger charge is -2.16. The molecule has 5 nitrogen and oxygen atoms in total. The van der Waals surface area contributed by atoms with E-state index in [0.717, 1.165) is 6.54 Å². The zero-order valence-corrected chi connectivity index (χ0v) is 9.18. The average molecular weight is 201 g/mol. The first kappa shape index (κ1) is 12.9. The Bertz CT molecular complexity index is 206. The van der Waals surface area contributed by atoms with Crippen LogP contribution in [-0.2, 0) is 9.59 Å². The van der Waals surface area contributed by atoms with Gasteiger partial charge in [-0.05, 0) is 20.4 Å². The summed E-state index contributed by atoms with van der Waals surface area (Å²) in [6.45, 7) is 6.06. The third-order valence-corrected chi connectivity index (χ3v) is 1.90. The van der Waals surface area contributed by atoms with Crippen LogP contribution in [0.25, 0.3) is 0 Å². The van der Waals surface area contributed by atoms with Gasteiger partial charge in [-0.3, -0.25) is 9.59 Å². The summed E-state index contributed by atoms with van der Waals surface area (Å²) in [6, 6.07) is -0.763. The van der Waals surface area contributed by atoms with Gasteiger partial charge in [0.1, 0.15) is 6.04 Å². The third kappa shape index (κ3) is 4.23. The molecule has 3 N–H and O–H groups in total. The van der Waals surface area contributed by atoms with E-state index in [1.807, 2.05) is 6.92 Å². The van der Waals surface area contributed by atoms with E-state index < -0.39 is 6.04 Å². The van der Waals surface area contributed by atoms with Crippen LogP contribution in [-0.4, -0.2) is 37.5 Å². The first-order valence-corrected chi connectivity index (χ1v) is 4.78. The number of nitrogens with one attached hydrogen (secondary N) is 3. The number of hydrogen-bond donors (Lipinski definition) is 3.